The topological polar surface area (TPSA) is 28.7 Å². The molecule has 1 aromatic heterocycles. The van der Waals surface area contributed by atoms with Gasteiger partial charge < -0.3 is 4.98 Å². The van der Waals surface area contributed by atoms with Crippen LogP contribution in [0.3, 0.4) is 0 Å². The fourth-order valence-corrected chi connectivity index (χ4v) is 3.11. The van der Waals surface area contributed by atoms with Crippen LogP contribution < -0.4 is 0 Å². The quantitative estimate of drug-likeness (QED) is 0.314. The number of unbranched alkanes of at least 4 members (excludes halogenated alkanes) is 13. The monoisotopic (exact) mass is 386 g/mol. The van der Waals surface area contributed by atoms with Crippen LogP contribution in [-0.4, -0.2) is 9.97 Å². The number of hydrogen-bond donors (Lipinski definition) is 1. The van der Waals surface area contributed by atoms with Gasteiger partial charge in [0.1, 0.15) is 5.82 Å². The molecule has 1 heterocycles. The van der Waals surface area contributed by atoms with Crippen LogP contribution in [0.25, 0.3) is 0 Å². The van der Waals surface area contributed by atoms with Crippen LogP contribution in [0.15, 0.2) is 6.20 Å². The first kappa shape index (κ1) is 22.7. The Morgan fingerprint density at radius 2 is 1.17 bits per heavy atom. The van der Waals surface area contributed by atoms with Crippen molar-refractivity contribution in [3.63, 3.8) is 0 Å². The molecule has 0 amide bonds. The molecule has 2 nitrogen and oxygen atoms in total. The zero-order chi connectivity index (χ0) is 15.9. The van der Waals surface area contributed by atoms with Gasteiger partial charge in [-0.1, -0.05) is 90.4 Å². The minimum Gasteiger partial charge on any atom is -0.346 e. The highest BCUT2D eigenvalue weighted by Crippen LogP contribution is 2.13. The maximum absolute atomic E-state index is 4.25. The standard InChI is InChI=1S/C20H38N2.BrH/c1-3-4-5-6-7-8-9-10-11-12-13-14-15-16-17-20-18-21-19(2)22-20;/h18H,3-17H2,1-2H3,(H,21,22);1H. The fraction of sp³-hybridized carbons (Fsp3) is 0.850. The zero-order valence-corrected chi connectivity index (χ0v) is 17.3. The highest BCUT2D eigenvalue weighted by Gasteiger charge is 1.97. The summed E-state index contributed by atoms with van der Waals surface area (Å²) in [7, 11) is 0. The van der Waals surface area contributed by atoms with Gasteiger partial charge in [0.2, 0.25) is 0 Å². The van der Waals surface area contributed by atoms with Gasteiger partial charge in [0.25, 0.3) is 0 Å². The van der Waals surface area contributed by atoms with E-state index in [9.17, 15) is 0 Å². The Hall–Kier alpha value is -0.310. The van der Waals surface area contributed by atoms with Crippen LogP contribution in [0.1, 0.15) is 108 Å². The molecule has 1 rings (SSSR count). The number of nitrogens with zero attached hydrogens (tertiary/aromatic N) is 1. The number of aromatic nitrogens is 2. The van der Waals surface area contributed by atoms with Gasteiger partial charge in [0, 0.05) is 11.9 Å². The summed E-state index contributed by atoms with van der Waals surface area (Å²) in [5, 5.41) is 0. The van der Waals surface area contributed by atoms with Crippen LogP contribution in [0.5, 0.6) is 0 Å². The molecule has 0 saturated heterocycles. The van der Waals surface area contributed by atoms with E-state index in [1.54, 1.807) is 0 Å². The largest absolute Gasteiger partial charge is 0.346 e. The molecule has 0 aliphatic rings. The predicted octanol–water partition coefficient (Wildman–Crippen LogP) is 7.32. The summed E-state index contributed by atoms with van der Waals surface area (Å²) in [5.74, 6) is 1.04. The molecule has 0 aliphatic carbocycles. The molecule has 0 spiro atoms. The number of halogens is 1. The Kier molecular flexibility index (Phi) is 16.3. The van der Waals surface area contributed by atoms with E-state index >= 15 is 0 Å². The molecular weight excluding hydrogens is 348 g/mol. The second kappa shape index (κ2) is 16.5. The summed E-state index contributed by atoms with van der Waals surface area (Å²) in [6, 6.07) is 0. The van der Waals surface area contributed by atoms with Crippen molar-refractivity contribution in [1.82, 2.24) is 9.97 Å². The first-order valence-electron chi connectivity index (χ1n) is 9.83. The van der Waals surface area contributed by atoms with E-state index in [0.717, 1.165) is 5.82 Å². The van der Waals surface area contributed by atoms with Crippen molar-refractivity contribution in [2.45, 2.75) is 110 Å². The Labute approximate surface area is 155 Å². The van der Waals surface area contributed by atoms with E-state index in [1.807, 2.05) is 13.1 Å². The van der Waals surface area contributed by atoms with E-state index < -0.39 is 0 Å². The van der Waals surface area contributed by atoms with Crippen LogP contribution in [0, 0.1) is 6.92 Å². The maximum atomic E-state index is 4.25. The molecule has 0 bridgehead atoms. The van der Waals surface area contributed by atoms with E-state index in [1.165, 1.54) is 102 Å². The molecule has 23 heavy (non-hydrogen) atoms. The molecule has 0 aliphatic heterocycles. The van der Waals surface area contributed by atoms with Gasteiger partial charge in [0.15, 0.2) is 0 Å². The van der Waals surface area contributed by atoms with E-state index in [2.05, 4.69) is 16.9 Å². The van der Waals surface area contributed by atoms with Gasteiger partial charge in [-0.05, 0) is 19.8 Å². The molecule has 1 N–H and O–H groups in total. The lowest BCUT2D eigenvalue weighted by Gasteiger charge is -2.03. The third kappa shape index (κ3) is 13.8. The van der Waals surface area contributed by atoms with Crippen molar-refractivity contribution in [1.29, 1.82) is 0 Å². The highest BCUT2D eigenvalue weighted by molar-refractivity contribution is 8.93. The van der Waals surface area contributed by atoms with Crippen molar-refractivity contribution in [2.75, 3.05) is 0 Å². The summed E-state index contributed by atoms with van der Waals surface area (Å²) < 4.78 is 0. The minimum absolute atomic E-state index is 0. The average molecular weight is 387 g/mol. The number of hydrogen-bond acceptors (Lipinski definition) is 1. The van der Waals surface area contributed by atoms with Gasteiger partial charge in [-0.25, -0.2) is 4.98 Å². The SMILES string of the molecule is Br.CCCCCCCCCCCCCCCCc1cnc(C)[nH]1. The van der Waals surface area contributed by atoms with E-state index in [0.29, 0.717) is 0 Å². The number of aromatic amines is 1. The Morgan fingerprint density at radius 3 is 1.57 bits per heavy atom. The molecular formula is C20H39BrN2. The summed E-state index contributed by atoms with van der Waals surface area (Å²) in [6.07, 6.45) is 23.1. The average Bonchev–Trinajstić information content (AvgIpc) is 2.93. The predicted molar refractivity (Wildman–Crippen MR) is 108 cm³/mol. The van der Waals surface area contributed by atoms with Gasteiger partial charge in [-0.15, -0.1) is 17.0 Å². The number of imidazole rings is 1. The van der Waals surface area contributed by atoms with Crippen LogP contribution in [0.2, 0.25) is 0 Å². The lowest BCUT2D eigenvalue weighted by atomic mass is 10.0. The molecule has 0 fully saturated rings. The molecule has 0 saturated carbocycles. The number of aryl methyl sites for hydroxylation is 2. The fourth-order valence-electron chi connectivity index (χ4n) is 3.11. The summed E-state index contributed by atoms with van der Waals surface area (Å²) in [5.41, 5.74) is 1.30. The van der Waals surface area contributed by atoms with E-state index in [4.69, 9.17) is 0 Å². The third-order valence-electron chi connectivity index (χ3n) is 4.56. The highest BCUT2D eigenvalue weighted by atomic mass is 79.9. The van der Waals surface area contributed by atoms with Gasteiger partial charge >= 0.3 is 0 Å². The Bertz CT molecular complexity index is 349. The van der Waals surface area contributed by atoms with Crippen LogP contribution >= 0.6 is 17.0 Å². The lowest BCUT2D eigenvalue weighted by molar-refractivity contribution is 0.535. The first-order chi connectivity index (χ1) is 10.8. The second-order valence-corrected chi connectivity index (χ2v) is 6.84. The molecule has 0 atom stereocenters. The van der Waals surface area contributed by atoms with Crippen LogP contribution in [-0.2, 0) is 6.42 Å². The second-order valence-electron chi connectivity index (χ2n) is 6.84. The Morgan fingerprint density at radius 1 is 0.739 bits per heavy atom. The number of rotatable bonds is 15. The molecule has 0 radical (unpaired) electrons. The normalized spacial score (nSPS) is 10.7. The summed E-state index contributed by atoms with van der Waals surface area (Å²) in [6.45, 7) is 4.31. The van der Waals surface area contributed by atoms with E-state index in [-0.39, 0.29) is 17.0 Å². The number of nitrogens with one attached hydrogen (secondary N) is 1. The molecule has 0 aromatic carbocycles. The molecule has 3 heteroatoms. The molecule has 1 aromatic rings. The molecule has 136 valence electrons. The summed E-state index contributed by atoms with van der Waals surface area (Å²) in [4.78, 5) is 7.56. The third-order valence-corrected chi connectivity index (χ3v) is 4.56. The van der Waals surface area contributed by atoms with Gasteiger partial charge in [-0.3, -0.25) is 0 Å². The number of H-pyrrole nitrogens is 1. The Balaban J connectivity index is 0.00000484. The van der Waals surface area contributed by atoms with Crippen molar-refractivity contribution in [3.05, 3.63) is 17.7 Å². The molecule has 0 unspecified atom stereocenters. The van der Waals surface area contributed by atoms with Crippen LogP contribution in [0.4, 0.5) is 0 Å². The first-order valence-corrected chi connectivity index (χ1v) is 9.83. The van der Waals surface area contributed by atoms with Gasteiger partial charge in [0.05, 0.1) is 0 Å². The smallest absolute Gasteiger partial charge is 0.103 e. The van der Waals surface area contributed by atoms with Crippen molar-refractivity contribution in [3.8, 4) is 0 Å². The van der Waals surface area contributed by atoms with Crippen molar-refractivity contribution in [2.24, 2.45) is 0 Å². The van der Waals surface area contributed by atoms with Crippen molar-refractivity contribution < 1.29 is 0 Å². The maximum Gasteiger partial charge on any atom is 0.103 e. The lowest BCUT2D eigenvalue weighted by Crippen LogP contribution is -1.87. The van der Waals surface area contributed by atoms with Crippen molar-refractivity contribution >= 4 is 17.0 Å². The zero-order valence-electron chi connectivity index (χ0n) is 15.5. The van der Waals surface area contributed by atoms with Gasteiger partial charge in [-0.2, -0.15) is 0 Å². The summed E-state index contributed by atoms with van der Waals surface area (Å²) >= 11 is 0. The minimum atomic E-state index is 0.